The minimum Gasteiger partial charge on any atom is -0.493 e. The summed E-state index contributed by atoms with van der Waals surface area (Å²) in [5.74, 6) is 0.150. The summed E-state index contributed by atoms with van der Waals surface area (Å²) in [4.78, 5) is 23.7. The van der Waals surface area contributed by atoms with E-state index < -0.39 is 11.9 Å². The predicted octanol–water partition coefficient (Wildman–Crippen LogP) is 3.08. The van der Waals surface area contributed by atoms with Crippen molar-refractivity contribution in [1.29, 1.82) is 0 Å². The molecule has 0 aliphatic heterocycles. The van der Waals surface area contributed by atoms with Crippen LogP contribution in [-0.2, 0) is 20.7 Å². The van der Waals surface area contributed by atoms with Gasteiger partial charge < -0.3 is 19.5 Å². The van der Waals surface area contributed by atoms with Gasteiger partial charge in [-0.3, -0.25) is 9.59 Å². The third kappa shape index (κ3) is 5.69. The van der Waals surface area contributed by atoms with Crippen LogP contribution in [-0.4, -0.2) is 32.7 Å². The molecule has 7 heteroatoms. The van der Waals surface area contributed by atoms with Crippen LogP contribution >= 0.6 is 11.6 Å². The van der Waals surface area contributed by atoms with Crippen molar-refractivity contribution in [3.8, 4) is 11.5 Å². The zero-order chi connectivity index (χ0) is 18.2. The lowest BCUT2D eigenvalue weighted by Crippen LogP contribution is -2.21. The highest BCUT2D eigenvalue weighted by molar-refractivity contribution is 6.30. The van der Waals surface area contributed by atoms with E-state index in [1.165, 1.54) is 14.2 Å². The van der Waals surface area contributed by atoms with E-state index in [1.807, 2.05) is 0 Å². The van der Waals surface area contributed by atoms with Gasteiger partial charge in [0.05, 0.1) is 20.6 Å². The number of ether oxygens (including phenoxy) is 3. The molecule has 132 valence electrons. The van der Waals surface area contributed by atoms with Gasteiger partial charge in [-0.1, -0.05) is 17.7 Å². The molecule has 0 aromatic heterocycles. The van der Waals surface area contributed by atoms with Gasteiger partial charge in [-0.25, -0.2) is 0 Å². The minimum atomic E-state index is -0.515. The van der Waals surface area contributed by atoms with Gasteiger partial charge in [0.25, 0.3) is 5.91 Å². The van der Waals surface area contributed by atoms with E-state index in [1.54, 1.807) is 42.5 Å². The lowest BCUT2D eigenvalue weighted by atomic mass is 10.1. The van der Waals surface area contributed by atoms with Crippen molar-refractivity contribution in [2.24, 2.45) is 0 Å². The number of rotatable bonds is 7. The first-order valence-corrected chi connectivity index (χ1v) is 7.81. The molecule has 0 fully saturated rings. The van der Waals surface area contributed by atoms with Crippen LogP contribution in [0.15, 0.2) is 42.5 Å². The average Bonchev–Trinajstić information content (AvgIpc) is 2.62. The van der Waals surface area contributed by atoms with Gasteiger partial charge in [-0.15, -0.1) is 0 Å². The first-order chi connectivity index (χ1) is 12.0. The summed E-state index contributed by atoms with van der Waals surface area (Å²) in [6.45, 7) is -0.366. The SMILES string of the molecule is COc1ccc(CC(=O)OCC(=O)Nc2ccc(Cl)cc2)cc1OC. The van der Waals surface area contributed by atoms with E-state index in [-0.39, 0.29) is 13.0 Å². The number of hydrogen-bond acceptors (Lipinski definition) is 5. The third-order valence-corrected chi connectivity index (χ3v) is 3.54. The summed E-state index contributed by atoms with van der Waals surface area (Å²) in [6.07, 6.45) is 0.0224. The fourth-order valence-electron chi connectivity index (χ4n) is 2.08. The fourth-order valence-corrected chi connectivity index (χ4v) is 2.21. The number of amides is 1. The molecule has 0 aliphatic rings. The Bertz CT molecular complexity index is 746. The number of halogens is 1. The molecule has 0 atom stereocenters. The molecule has 0 spiro atoms. The topological polar surface area (TPSA) is 73.9 Å². The number of benzene rings is 2. The molecule has 1 amide bonds. The lowest BCUT2D eigenvalue weighted by molar-refractivity contribution is -0.146. The Hall–Kier alpha value is -2.73. The Kier molecular flexibility index (Phi) is 6.65. The molecule has 0 radical (unpaired) electrons. The molecule has 0 aliphatic carbocycles. The standard InChI is InChI=1S/C18H18ClNO5/c1-23-15-8-3-12(9-16(15)24-2)10-18(22)25-11-17(21)20-14-6-4-13(19)5-7-14/h3-9H,10-11H2,1-2H3,(H,20,21). The van der Waals surface area contributed by atoms with E-state index in [4.69, 9.17) is 25.8 Å². The van der Waals surface area contributed by atoms with Crippen molar-refractivity contribution >= 4 is 29.2 Å². The molecular weight excluding hydrogens is 346 g/mol. The van der Waals surface area contributed by atoms with Crippen LogP contribution < -0.4 is 14.8 Å². The summed E-state index contributed by atoms with van der Waals surface area (Å²) in [5.41, 5.74) is 1.27. The Balaban J connectivity index is 1.84. The quantitative estimate of drug-likeness (QED) is 0.765. The van der Waals surface area contributed by atoms with Gasteiger partial charge in [0.15, 0.2) is 18.1 Å². The summed E-state index contributed by atoms with van der Waals surface area (Å²) in [7, 11) is 3.05. The van der Waals surface area contributed by atoms with Crippen molar-refractivity contribution in [3.63, 3.8) is 0 Å². The van der Waals surface area contributed by atoms with Crippen LogP contribution in [0.5, 0.6) is 11.5 Å². The van der Waals surface area contributed by atoms with Gasteiger partial charge in [-0.05, 0) is 42.0 Å². The van der Waals surface area contributed by atoms with Crippen LogP contribution in [0, 0.1) is 0 Å². The van der Waals surface area contributed by atoms with Crippen LogP contribution in [0.2, 0.25) is 5.02 Å². The van der Waals surface area contributed by atoms with Crippen molar-refractivity contribution in [1.82, 2.24) is 0 Å². The lowest BCUT2D eigenvalue weighted by Gasteiger charge is -2.10. The highest BCUT2D eigenvalue weighted by atomic mass is 35.5. The highest BCUT2D eigenvalue weighted by Gasteiger charge is 2.11. The molecule has 2 aromatic rings. The first-order valence-electron chi connectivity index (χ1n) is 7.43. The molecule has 0 saturated carbocycles. The predicted molar refractivity (Wildman–Crippen MR) is 94.3 cm³/mol. The largest absolute Gasteiger partial charge is 0.493 e. The maximum absolute atomic E-state index is 11.9. The number of hydrogen-bond donors (Lipinski definition) is 1. The van der Waals surface area contributed by atoms with E-state index >= 15 is 0 Å². The van der Waals surface area contributed by atoms with Gasteiger partial charge in [-0.2, -0.15) is 0 Å². The molecule has 2 rings (SSSR count). The van der Waals surface area contributed by atoms with Crippen LogP contribution in [0.1, 0.15) is 5.56 Å². The van der Waals surface area contributed by atoms with E-state index in [0.717, 1.165) is 0 Å². The first kappa shape index (κ1) is 18.6. The molecule has 0 unspecified atom stereocenters. The second-order valence-electron chi connectivity index (χ2n) is 5.08. The molecule has 1 N–H and O–H groups in total. The second kappa shape index (κ2) is 8.94. The number of nitrogens with one attached hydrogen (secondary N) is 1. The minimum absolute atomic E-state index is 0.0224. The number of anilines is 1. The molecular formula is C18H18ClNO5. The van der Waals surface area contributed by atoms with Crippen molar-refractivity contribution in [2.45, 2.75) is 6.42 Å². The molecule has 0 bridgehead atoms. The van der Waals surface area contributed by atoms with Gasteiger partial charge >= 0.3 is 5.97 Å². The summed E-state index contributed by atoms with van der Waals surface area (Å²) < 4.78 is 15.3. The molecule has 6 nitrogen and oxygen atoms in total. The number of carbonyl (C=O) groups is 2. The molecule has 0 heterocycles. The smallest absolute Gasteiger partial charge is 0.310 e. The zero-order valence-electron chi connectivity index (χ0n) is 13.9. The summed E-state index contributed by atoms with van der Waals surface area (Å²) >= 11 is 5.77. The average molecular weight is 364 g/mol. The van der Waals surface area contributed by atoms with E-state index in [0.29, 0.717) is 27.8 Å². The van der Waals surface area contributed by atoms with Crippen molar-refractivity contribution in [2.75, 3.05) is 26.1 Å². The second-order valence-corrected chi connectivity index (χ2v) is 5.52. The van der Waals surface area contributed by atoms with Crippen LogP contribution in [0.25, 0.3) is 0 Å². The number of carbonyl (C=O) groups excluding carboxylic acids is 2. The summed E-state index contributed by atoms with van der Waals surface area (Å²) in [6, 6.07) is 11.7. The monoisotopic (exact) mass is 363 g/mol. The van der Waals surface area contributed by atoms with E-state index in [9.17, 15) is 9.59 Å². The maximum Gasteiger partial charge on any atom is 0.310 e. The number of methoxy groups -OCH3 is 2. The maximum atomic E-state index is 11.9. The Morgan fingerprint density at radius 2 is 1.68 bits per heavy atom. The van der Waals surface area contributed by atoms with Crippen molar-refractivity contribution in [3.05, 3.63) is 53.1 Å². The fraction of sp³-hybridized carbons (Fsp3) is 0.222. The Labute approximate surface area is 150 Å². The zero-order valence-corrected chi connectivity index (χ0v) is 14.6. The summed E-state index contributed by atoms with van der Waals surface area (Å²) in [5, 5.41) is 3.18. The third-order valence-electron chi connectivity index (χ3n) is 3.29. The van der Waals surface area contributed by atoms with Crippen LogP contribution in [0.3, 0.4) is 0 Å². The molecule has 0 saturated heterocycles. The molecule has 25 heavy (non-hydrogen) atoms. The highest BCUT2D eigenvalue weighted by Crippen LogP contribution is 2.27. The van der Waals surface area contributed by atoms with Gasteiger partial charge in [0.1, 0.15) is 0 Å². The van der Waals surface area contributed by atoms with Crippen LogP contribution in [0.4, 0.5) is 5.69 Å². The normalized spacial score (nSPS) is 10.0. The van der Waals surface area contributed by atoms with Crippen molar-refractivity contribution < 1.29 is 23.8 Å². The Morgan fingerprint density at radius 3 is 2.32 bits per heavy atom. The Morgan fingerprint density at radius 1 is 1.00 bits per heavy atom. The van der Waals surface area contributed by atoms with E-state index in [2.05, 4.69) is 5.32 Å². The molecule has 2 aromatic carbocycles. The number of esters is 1. The van der Waals surface area contributed by atoms with Gasteiger partial charge in [0.2, 0.25) is 0 Å². The van der Waals surface area contributed by atoms with Gasteiger partial charge in [0, 0.05) is 10.7 Å².